The molecule has 0 amide bonds. The van der Waals surface area contributed by atoms with Crippen molar-refractivity contribution in [3.63, 3.8) is 0 Å². The highest BCUT2D eigenvalue weighted by Crippen LogP contribution is 2.41. The average molecular weight is 651 g/mol. The summed E-state index contributed by atoms with van der Waals surface area (Å²) >= 11 is -1.07. The standard InChI is InChI=1S/C25H26F4IN3O3S/c1-4-14-10-17-18(12-32-24(17)31-11-14)23(34)20-19(26)9-13(2)22(21(20)30-3)33-37(35,36)16-7-5-15(6-8-16)25(27,28)29/h5-8,10-13,19-22,33H,3-4,9H2,1-2H3,(H,31,32). The lowest BCUT2D eigenvalue weighted by Gasteiger charge is -2.41. The first kappa shape index (κ1) is 27.8. The van der Waals surface area contributed by atoms with Crippen LogP contribution in [-0.4, -0.2) is 44.8 Å². The van der Waals surface area contributed by atoms with Crippen LogP contribution in [0.25, 0.3) is 11.0 Å². The molecule has 2 N–H and O–H groups in total. The van der Waals surface area contributed by atoms with Gasteiger partial charge in [0.05, 0.1) is 16.4 Å². The lowest BCUT2D eigenvalue weighted by Crippen LogP contribution is -2.55. The van der Waals surface area contributed by atoms with Gasteiger partial charge in [0.2, 0.25) is 10.0 Å². The summed E-state index contributed by atoms with van der Waals surface area (Å²) in [7, 11) is -4.24. The zero-order valence-corrected chi connectivity index (χ0v) is 23.0. The molecule has 0 aliphatic heterocycles. The highest BCUT2D eigenvalue weighted by Gasteiger charge is 2.48. The zero-order valence-electron chi connectivity index (χ0n) is 20.0. The predicted molar refractivity (Wildman–Crippen MR) is 142 cm³/mol. The number of H-pyrrole nitrogens is 1. The minimum absolute atomic E-state index is 0.0440. The SMILES string of the molecule is C=IC1C(NS(=O)(=O)c2ccc(C(F)(F)F)cc2)C(C)CC(F)C1C(=O)c1c[nH]c2ncc(CC)cc12. The number of benzene rings is 1. The van der Waals surface area contributed by atoms with E-state index < -0.39 is 76.3 Å². The molecule has 1 fully saturated rings. The summed E-state index contributed by atoms with van der Waals surface area (Å²) in [5, 5.41) is 0.582. The van der Waals surface area contributed by atoms with Gasteiger partial charge < -0.3 is 4.98 Å². The summed E-state index contributed by atoms with van der Waals surface area (Å²) in [5.74, 6) is -2.00. The fourth-order valence-corrected chi connectivity index (χ4v) is 9.13. The zero-order chi connectivity index (χ0) is 27.1. The van der Waals surface area contributed by atoms with Crippen molar-refractivity contribution in [1.82, 2.24) is 14.7 Å². The number of carbonyl (C=O) groups excluding carboxylic acids is 1. The number of sulfonamides is 1. The van der Waals surface area contributed by atoms with Crippen LogP contribution >= 0.6 is 20.7 Å². The van der Waals surface area contributed by atoms with Crippen LogP contribution in [0.3, 0.4) is 0 Å². The molecule has 0 spiro atoms. The molecule has 1 aliphatic rings. The Morgan fingerprint density at radius 3 is 2.54 bits per heavy atom. The molecule has 4 rings (SSSR count). The van der Waals surface area contributed by atoms with Crippen LogP contribution in [0.2, 0.25) is 0 Å². The van der Waals surface area contributed by atoms with Crippen molar-refractivity contribution in [3.8, 4) is 0 Å². The number of ketones is 1. The van der Waals surface area contributed by atoms with E-state index in [4.69, 9.17) is 0 Å². The number of nitrogens with zero attached hydrogens (tertiary/aromatic N) is 1. The average Bonchev–Trinajstić information content (AvgIpc) is 3.27. The van der Waals surface area contributed by atoms with Crippen molar-refractivity contribution in [1.29, 1.82) is 0 Å². The van der Waals surface area contributed by atoms with Crippen LogP contribution in [0, 0.1) is 11.8 Å². The normalized spacial score (nSPS) is 24.9. The Labute approximate surface area is 222 Å². The van der Waals surface area contributed by atoms with Crippen LogP contribution in [0.5, 0.6) is 0 Å². The van der Waals surface area contributed by atoms with Crippen molar-refractivity contribution >= 4 is 52.1 Å². The van der Waals surface area contributed by atoms with E-state index in [0.29, 0.717) is 35.2 Å². The Morgan fingerprint density at radius 2 is 1.95 bits per heavy atom. The number of alkyl halides is 5. The lowest BCUT2D eigenvalue weighted by atomic mass is 9.75. The maximum absolute atomic E-state index is 15.5. The number of hydrogen-bond donors (Lipinski definition) is 2. The third-order valence-electron chi connectivity index (χ3n) is 6.81. The Balaban J connectivity index is 1.66. The quantitative estimate of drug-likeness (QED) is 0.154. The number of Topliss-reactive ketones (excluding diaryl/α,β-unsaturated/α-hetero) is 1. The summed E-state index contributed by atoms with van der Waals surface area (Å²) in [5.41, 5.74) is 0.746. The molecule has 6 nitrogen and oxygen atoms in total. The number of pyridine rings is 1. The molecular formula is C25H26F4IN3O3S. The van der Waals surface area contributed by atoms with Crippen LogP contribution in [-0.2, 0) is 22.6 Å². The van der Waals surface area contributed by atoms with Gasteiger partial charge in [0.15, 0.2) is 5.78 Å². The number of rotatable bonds is 7. The monoisotopic (exact) mass is 651 g/mol. The maximum atomic E-state index is 15.5. The topological polar surface area (TPSA) is 91.9 Å². The number of fused-ring (bicyclic) bond motifs is 1. The molecule has 5 atom stereocenters. The highest BCUT2D eigenvalue weighted by atomic mass is 127. The van der Waals surface area contributed by atoms with E-state index in [2.05, 4.69) is 19.2 Å². The van der Waals surface area contributed by atoms with Crippen molar-refractivity contribution < 1.29 is 30.8 Å². The number of nitrogens with one attached hydrogen (secondary N) is 2. The minimum Gasteiger partial charge on any atom is -0.345 e. The van der Waals surface area contributed by atoms with E-state index in [0.717, 1.165) is 17.7 Å². The van der Waals surface area contributed by atoms with Gasteiger partial charge in [0, 0.05) is 33.3 Å². The number of aromatic nitrogens is 2. The van der Waals surface area contributed by atoms with E-state index in [-0.39, 0.29) is 11.3 Å². The first-order valence-electron chi connectivity index (χ1n) is 11.6. The van der Waals surface area contributed by atoms with E-state index in [1.165, 1.54) is 6.20 Å². The Bertz CT molecular complexity index is 1420. The first-order valence-corrected chi connectivity index (χ1v) is 15.8. The molecule has 0 bridgehead atoms. The van der Waals surface area contributed by atoms with Gasteiger partial charge in [-0.1, -0.05) is 18.4 Å². The van der Waals surface area contributed by atoms with Gasteiger partial charge in [-0.25, -0.2) is 22.5 Å². The highest BCUT2D eigenvalue weighted by molar-refractivity contribution is 14.2. The number of halogens is 5. The molecule has 200 valence electrons. The third kappa shape index (κ3) is 5.51. The van der Waals surface area contributed by atoms with Crippen molar-refractivity contribution in [2.45, 2.75) is 53.9 Å². The third-order valence-corrected chi connectivity index (χ3v) is 10.9. The van der Waals surface area contributed by atoms with Gasteiger partial charge in [0.25, 0.3) is 0 Å². The molecule has 1 aliphatic carbocycles. The van der Waals surface area contributed by atoms with Gasteiger partial charge in [0.1, 0.15) is 11.8 Å². The summed E-state index contributed by atoms with van der Waals surface area (Å²) < 4.78 is 86.3. The van der Waals surface area contributed by atoms with Gasteiger partial charge in [-0.2, -0.15) is 13.2 Å². The van der Waals surface area contributed by atoms with Crippen molar-refractivity contribution in [2.75, 3.05) is 0 Å². The molecule has 0 radical (unpaired) electrons. The maximum Gasteiger partial charge on any atom is 0.416 e. The number of aromatic amines is 1. The summed E-state index contributed by atoms with van der Waals surface area (Å²) in [6.45, 7) is 3.65. The molecule has 12 heteroatoms. The van der Waals surface area contributed by atoms with Gasteiger partial charge in [-0.15, -0.1) is 20.7 Å². The van der Waals surface area contributed by atoms with Crippen LogP contribution in [0.15, 0.2) is 47.6 Å². The molecular weight excluding hydrogens is 625 g/mol. The van der Waals surface area contributed by atoms with E-state index in [9.17, 15) is 26.4 Å². The van der Waals surface area contributed by atoms with Crippen molar-refractivity contribution in [2.24, 2.45) is 11.8 Å². The van der Waals surface area contributed by atoms with E-state index in [1.807, 2.05) is 13.0 Å². The lowest BCUT2D eigenvalue weighted by molar-refractivity contribution is -0.137. The first-order chi connectivity index (χ1) is 17.4. The molecule has 5 unspecified atom stereocenters. The Morgan fingerprint density at radius 1 is 1.27 bits per heavy atom. The molecule has 1 saturated carbocycles. The van der Waals surface area contributed by atoms with Gasteiger partial charge >= 0.3 is 6.18 Å². The summed E-state index contributed by atoms with van der Waals surface area (Å²) in [4.78, 5) is 20.6. The van der Waals surface area contributed by atoms with Crippen LogP contribution in [0.4, 0.5) is 17.6 Å². The molecule has 3 aromatic rings. The second-order valence-corrected chi connectivity index (χ2v) is 13.2. The number of carbonyl (C=O) groups is 1. The smallest absolute Gasteiger partial charge is 0.345 e. The number of hydrogen-bond acceptors (Lipinski definition) is 4. The second kappa shape index (κ2) is 10.5. The van der Waals surface area contributed by atoms with E-state index >= 15 is 4.39 Å². The molecule has 2 heterocycles. The molecule has 1 aromatic carbocycles. The predicted octanol–water partition coefficient (Wildman–Crippen LogP) is 5.44. The Kier molecular flexibility index (Phi) is 7.92. The molecule has 2 aromatic heterocycles. The summed E-state index contributed by atoms with van der Waals surface area (Å²) in [6.07, 6.45) is -2.23. The fourth-order valence-electron chi connectivity index (χ4n) is 4.76. The minimum atomic E-state index is -4.60. The summed E-state index contributed by atoms with van der Waals surface area (Å²) in [6, 6.07) is 4.21. The van der Waals surface area contributed by atoms with Gasteiger partial charge in [-0.05, 0) is 54.7 Å². The van der Waals surface area contributed by atoms with E-state index in [1.54, 1.807) is 13.1 Å². The molecule has 0 saturated heterocycles. The largest absolute Gasteiger partial charge is 0.416 e. The van der Waals surface area contributed by atoms with Crippen molar-refractivity contribution in [3.05, 3.63) is 59.4 Å². The second-order valence-electron chi connectivity index (χ2n) is 9.18. The molecule has 37 heavy (non-hydrogen) atoms. The Hall–Kier alpha value is -2.19. The van der Waals surface area contributed by atoms with Gasteiger partial charge in [-0.3, -0.25) is 4.79 Å². The fraction of sp³-hybridized carbons (Fsp3) is 0.400. The van der Waals surface area contributed by atoms with Crippen LogP contribution < -0.4 is 4.72 Å². The number of aryl methyl sites for hydroxylation is 1. The van der Waals surface area contributed by atoms with Crippen LogP contribution in [0.1, 0.15) is 41.8 Å².